The molecule has 0 aromatic carbocycles. The Hall–Kier alpha value is -1.09. The molecule has 3 heteroatoms. The van der Waals surface area contributed by atoms with Crippen molar-refractivity contribution < 1.29 is 9.90 Å². The van der Waals surface area contributed by atoms with Crippen LogP contribution in [0.3, 0.4) is 0 Å². The van der Waals surface area contributed by atoms with Crippen molar-refractivity contribution in [3.8, 4) is 0 Å². The fourth-order valence-corrected chi connectivity index (χ4v) is 1.26. The second-order valence-corrected chi connectivity index (χ2v) is 3.10. The topological polar surface area (TPSA) is 40.5 Å². The molecule has 0 heterocycles. The van der Waals surface area contributed by atoms with Gasteiger partial charge in [-0.05, 0) is 13.8 Å². The van der Waals surface area contributed by atoms with Gasteiger partial charge in [-0.25, -0.2) is 0 Å². The third-order valence-electron chi connectivity index (χ3n) is 2.21. The lowest BCUT2D eigenvalue weighted by molar-refractivity contribution is -0.145. The first-order valence-corrected chi connectivity index (χ1v) is 4.81. The van der Waals surface area contributed by atoms with Crippen molar-refractivity contribution in [3.63, 3.8) is 0 Å². The second-order valence-electron chi connectivity index (χ2n) is 3.10. The molecule has 3 nitrogen and oxygen atoms in total. The summed E-state index contributed by atoms with van der Waals surface area (Å²) in [6, 6.07) is 0. The molecule has 0 saturated heterocycles. The zero-order chi connectivity index (χ0) is 11.2. The van der Waals surface area contributed by atoms with Crippen LogP contribution in [0.1, 0.15) is 20.3 Å². The van der Waals surface area contributed by atoms with Crippen molar-refractivity contribution in [2.24, 2.45) is 0 Å². The summed E-state index contributed by atoms with van der Waals surface area (Å²) >= 11 is 0. The van der Waals surface area contributed by atoms with Crippen LogP contribution in [0.2, 0.25) is 0 Å². The molecule has 0 aromatic rings. The van der Waals surface area contributed by atoms with Gasteiger partial charge < -0.3 is 10.0 Å². The van der Waals surface area contributed by atoms with Crippen molar-refractivity contribution in [2.45, 2.75) is 25.9 Å². The van der Waals surface area contributed by atoms with E-state index in [-0.39, 0.29) is 12.3 Å². The van der Waals surface area contributed by atoms with Crippen LogP contribution in [0.4, 0.5) is 0 Å². The number of carbonyl (C=O) groups excluding carboxylic acids is 1. The summed E-state index contributed by atoms with van der Waals surface area (Å²) in [6.45, 7) is 11.9. The highest BCUT2D eigenvalue weighted by Crippen LogP contribution is 2.16. The molecule has 14 heavy (non-hydrogen) atoms. The summed E-state index contributed by atoms with van der Waals surface area (Å²) < 4.78 is 0. The predicted molar refractivity (Wildman–Crippen MR) is 57.9 cm³/mol. The highest BCUT2D eigenvalue weighted by Gasteiger charge is 2.33. The second kappa shape index (κ2) is 5.60. The van der Waals surface area contributed by atoms with Crippen LogP contribution in [0.5, 0.6) is 0 Å². The van der Waals surface area contributed by atoms with Crippen molar-refractivity contribution >= 4 is 5.91 Å². The number of aliphatic hydroxyl groups is 1. The monoisotopic (exact) mass is 197 g/mol. The lowest BCUT2D eigenvalue weighted by Gasteiger charge is -2.29. The van der Waals surface area contributed by atoms with Gasteiger partial charge in [0.2, 0.25) is 0 Å². The fraction of sp³-hybridized carbons (Fsp3) is 0.545. The van der Waals surface area contributed by atoms with Crippen molar-refractivity contribution in [1.29, 1.82) is 0 Å². The fourth-order valence-electron chi connectivity index (χ4n) is 1.26. The Morgan fingerprint density at radius 2 is 1.93 bits per heavy atom. The lowest BCUT2D eigenvalue weighted by atomic mass is 9.98. The number of amides is 1. The molecule has 0 rings (SSSR count). The van der Waals surface area contributed by atoms with E-state index in [0.717, 1.165) is 0 Å². The summed E-state index contributed by atoms with van der Waals surface area (Å²) in [6.07, 6.45) is 2.99. The molecule has 0 aliphatic heterocycles. The first kappa shape index (κ1) is 12.9. The smallest absolute Gasteiger partial charge is 0.258 e. The van der Waals surface area contributed by atoms with Crippen LogP contribution in [0.25, 0.3) is 0 Å². The maximum atomic E-state index is 11.8. The van der Waals surface area contributed by atoms with Gasteiger partial charge in [-0.2, -0.15) is 0 Å². The minimum absolute atomic E-state index is 0.200. The third-order valence-corrected chi connectivity index (χ3v) is 2.21. The maximum absolute atomic E-state index is 11.8. The van der Waals surface area contributed by atoms with Crippen molar-refractivity contribution in [3.05, 3.63) is 25.3 Å². The highest BCUT2D eigenvalue weighted by atomic mass is 16.3. The van der Waals surface area contributed by atoms with E-state index in [1.807, 2.05) is 13.8 Å². The van der Waals surface area contributed by atoms with Crippen LogP contribution in [-0.2, 0) is 4.79 Å². The van der Waals surface area contributed by atoms with Gasteiger partial charge in [-0.15, -0.1) is 6.58 Å². The summed E-state index contributed by atoms with van der Waals surface area (Å²) in [4.78, 5) is 13.4. The molecular weight excluding hydrogens is 178 g/mol. The molecule has 1 N–H and O–H groups in total. The number of hydrogen-bond donors (Lipinski definition) is 1. The first-order valence-electron chi connectivity index (χ1n) is 4.81. The largest absolute Gasteiger partial charge is 0.376 e. The van der Waals surface area contributed by atoms with E-state index in [2.05, 4.69) is 13.2 Å². The zero-order valence-electron chi connectivity index (χ0n) is 8.99. The zero-order valence-corrected chi connectivity index (χ0v) is 8.99. The van der Waals surface area contributed by atoms with Gasteiger partial charge in [0.05, 0.1) is 0 Å². The molecule has 80 valence electrons. The van der Waals surface area contributed by atoms with E-state index in [4.69, 9.17) is 0 Å². The van der Waals surface area contributed by atoms with Crippen molar-refractivity contribution in [2.75, 3.05) is 13.1 Å². The molecule has 0 aliphatic carbocycles. The van der Waals surface area contributed by atoms with Crippen LogP contribution in [-0.4, -0.2) is 34.6 Å². The quantitative estimate of drug-likeness (QED) is 0.653. The molecule has 0 bridgehead atoms. The van der Waals surface area contributed by atoms with Crippen LogP contribution in [0.15, 0.2) is 25.3 Å². The Bertz CT molecular complexity index is 221. The summed E-state index contributed by atoms with van der Waals surface area (Å²) in [5, 5.41) is 9.94. The molecule has 0 radical (unpaired) electrons. The normalized spacial score (nSPS) is 14.2. The van der Waals surface area contributed by atoms with Crippen LogP contribution in [0, 0.1) is 0 Å². The van der Waals surface area contributed by atoms with E-state index in [9.17, 15) is 9.90 Å². The van der Waals surface area contributed by atoms with Gasteiger partial charge in [-0.3, -0.25) is 4.79 Å². The Labute approximate surface area is 85.7 Å². The number of rotatable bonds is 6. The Balaban J connectivity index is 4.74. The molecule has 0 aromatic heterocycles. The predicted octanol–water partition coefficient (Wildman–Crippen LogP) is 1.35. The minimum atomic E-state index is -1.49. The summed E-state index contributed by atoms with van der Waals surface area (Å²) in [5.74, 6) is -0.308. The first-order chi connectivity index (χ1) is 6.55. The maximum Gasteiger partial charge on any atom is 0.258 e. The number of nitrogens with zero attached hydrogens (tertiary/aromatic N) is 1. The van der Waals surface area contributed by atoms with Crippen LogP contribution < -0.4 is 0 Å². The molecule has 0 fully saturated rings. The van der Waals surface area contributed by atoms with E-state index >= 15 is 0 Å². The van der Waals surface area contributed by atoms with Gasteiger partial charge in [0.1, 0.15) is 0 Å². The molecule has 1 atom stereocenters. The average Bonchev–Trinajstić information content (AvgIpc) is 2.19. The van der Waals surface area contributed by atoms with Gasteiger partial charge in [-0.1, -0.05) is 18.7 Å². The van der Waals surface area contributed by atoms with Crippen molar-refractivity contribution in [1.82, 2.24) is 4.90 Å². The molecule has 1 unspecified atom stereocenters. The van der Waals surface area contributed by atoms with Gasteiger partial charge in [0.15, 0.2) is 5.60 Å². The van der Waals surface area contributed by atoms with Gasteiger partial charge in [0, 0.05) is 19.5 Å². The van der Waals surface area contributed by atoms with E-state index in [1.165, 1.54) is 12.2 Å². The Morgan fingerprint density at radius 1 is 1.43 bits per heavy atom. The SMILES string of the molecule is C=CCC(O)(C=C)C(=O)N(CC)CC. The number of carbonyl (C=O) groups is 1. The standard InChI is InChI=1S/C11H19NO2/c1-5-9-11(14,6-2)10(13)12(7-3)8-4/h5-6,14H,1-2,7-9H2,3-4H3. The van der Waals surface area contributed by atoms with Crippen LogP contribution >= 0.6 is 0 Å². The lowest BCUT2D eigenvalue weighted by Crippen LogP contribution is -2.47. The van der Waals surface area contributed by atoms with Gasteiger partial charge in [0.25, 0.3) is 5.91 Å². The molecule has 1 amide bonds. The molecule has 0 aliphatic rings. The number of hydrogen-bond acceptors (Lipinski definition) is 2. The summed E-state index contributed by atoms with van der Waals surface area (Å²) in [7, 11) is 0. The van der Waals surface area contributed by atoms with E-state index in [0.29, 0.717) is 13.1 Å². The molecule has 0 spiro atoms. The minimum Gasteiger partial charge on any atom is -0.376 e. The van der Waals surface area contributed by atoms with E-state index in [1.54, 1.807) is 4.90 Å². The highest BCUT2D eigenvalue weighted by molar-refractivity contribution is 5.87. The molecule has 0 saturated carbocycles. The Morgan fingerprint density at radius 3 is 2.21 bits per heavy atom. The molecular formula is C11H19NO2. The summed E-state index contributed by atoms with van der Waals surface area (Å²) in [5.41, 5.74) is -1.49. The average molecular weight is 197 g/mol. The van der Waals surface area contributed by atoms with E-state index < -0.39 is 5.60 Å². The third kappa shape index (κ3) is 2.70. The number of likely N-dealkylation sites (N-methyl/N-ethyl adjacent to an activating group) is 1. The Kier molecular flexibility index (Phi) is 5.16. The van der Waals surface area contributed by atoms with Gasteiger partial charge >= 0.3 is 0 Å².